The van der Waals surface area contributed by atoms with Crippen molar-refractivity contribution < 1.29 is 22.6 Å². The molecular formula is C14H13F3N2O2. The lowest BCUT2D eigenvalue weighted by atomic mass is 10.2. The number of ether oxygens (including phenoxy) is 2. The number of hydrogen-bond donors (Lipinski definition) is 1. The number of anilines is 1. The van der Waals surface area contributed by atoms with Crippen LogP contribution in [0.1, 0.15) is 5.56 Å². The van der Waals surface area contributed by atoms with Crippen LogP contribution in [0.15, 0.2) is 36.4 Å². The van der Waals surface area contributed by atoms with Crippen molar-refractivity contribution in [3.8, 4) is 11.5 Å². The molecule has 1 N–H and O–H groups in total. The zero-order valence-corrected chi connectivity index (χ0v) is 11.1. The van der Waals surface area contributed by atoms with E-state index in [4.69, 9.17) is 4.74 Å². The Hall–Kier alpha value is -2.44. The van der Waals surface area contributed by atoms with E-state index in [2.05, 4.69) is 15.0 Å². The Morgan fingerprint density at radius 1 is 1.19 bits per heavy atom. The SMILES string of the molecule is COc1ccc(CNc2cccc(F)n2)cc1OC(F)F. The van der Waals surface area contributed by atoms with Crippen molar-refractivity contribution in [2.45, 2.75) is 13.2 Å². The molecule has 0 aliphatic heterocycles. The van der Waals surface area contributed by atoms with E-state index in [1.807, 2.05) is 0 Å². The molecule has 112 valence electrons. The number of benzene rings is 1. The topological polar surface area (TPSA) is 43.4 Å². The van der Waals surface area contributed by atoms with Crippen LogP contribution in [-0.4, -0.2) is 18.7 Å². The smallest absolute Gasteiger partial charge is 0.387 e. The molecule has 0 aliphatic rings. The van der Waals surface area contributed by atoms with Crippen molar-refractivity contribution in [1.29, 1.82) is 0 Å². The van der Waals surface area contributed by atoms with Crippen molar-refractivity contribution in [3.05, 3.63) is 47.9 Å². The summed E-state index contributed by atoms with van der Waals surface area (Å²) in [5.74, 6) is -0.0967. The molecular weight excluding hydrogens is 285 g/mol. The van der Waals surface area contributed by atoms with Crippen LogP contribution < -0.4 is 14.8 Å². The van der Waals surface area contributed by atoms with E-state index >= 15 is 0 Å². The molecule has 1 aromatic carbocycles. The summed E-state index contributed by atoms with van der Waals surface area (Å²) in [6.07, 6.45) is 0. The third kappa shape index (κ3) is 4.27. The Balaban J connectivity index is 2.09. The fourth-order valence-electron chi connectivity index (χ4n) is 1.72. The number of rotatable bonds is 6. The van der Waals surface area contributed by atoms with Gasteiger partial charge in [0.1, 0.15) is 5.82 Å². The molecule has 0 aliphatic carbocycles. The summed E-state index contributed by atoms with van der Waals surface area (Å²) < 4.78 is 46.9. The summed E-state index contributed by atoms with van der Waals surface area (Å²) in [4.78, 5) is 3.64. The predicted molar refractivity (Wildman–Crippen MR) is 71.1 cm³/mol. The molecule has 0 unspecified atom stereocenters. The summed E-state index contributed by atoms with van der Waals surface area (Å²) in [7, 11) is 1.36. The first-order valence-electron chi connectivity index (χ1n) is 6.06. The summed E-state index contributed by atoms with van der Waals surface area (Å²) in [6.45, 7) is -2.66. The van der Waals surface area contributed by atoms with Gasteiger partial charge in [0, 0.05) is 6.54 Å². The van der Waals surface area contributed by atoms with Crippen molar-refractivity contribution in [2.75, 3.05) is 12.4 Å². The number of methoxy groups -OCH3 is 1. The zero-order chi connectivity index (χ0) is 15.2. The molecule has 0 bridgehead atoms. The first-order chi connectivity index (χ1) is 10.1. The molecule has 1 aromatic heterocycles. The second kappa shape index (κ2) is 6.83. The van der Waals surface area contributed by atoms with Crippen LogP contribution in [0.5, 0.6) is 11.5 Å². The maximum absolute atomic E-state index is 12.9. The maximum Gasteiger partial charge on any atom is 0.387 e. The van der Waals surface area contributed by atoms with Crippen LogP contribution in [-0.2, 0) is 6.54 Å². The fourth-order valence-corrected chi connectivity index (χ4v) is 1.72. The van der Waals surface area contributed by atoms with Crippen LogP contribution in [0, 0.1) is 5.95 Å². The highest BCUT2D eigenvalue weighted by Crippen LogP contribution is 2.29. The lowest BCUT2D eigenvalue weighted by Gasteiger charge is -2.12. The molecule has 4 nitrogen and oxygen atoms in total. The third-order valence-corrected chi connectivity index (χ3v) is 2.63. The normalized spacial score (nSPS) is 10.5. The van der Waals surface area contributed by atoms with E-state index in [9.17, 15) is 13.2 Å². The Morgan fingerprint density at radius 2 is 2.00 bits per heavy atom. The average molecular weight is 298 g/mol. The van der Waals surface area contributed by atoms with Crippen molar-refractivity contribution in [2.24, 2.45) is 0 Å². The van der Waals surface area contributed by atoms with Gasteiger partial charge in [0.2, 0.25) is 5.95 Å². The lowest BCUT2D eigenvalue weighted by molar-refractivity contribution is -0.0512. The quantitative estimate of drug-likeness (QED) is 0.830. The Morgan fingerprint density at radius 3 is 2.67 bits per heavy atom. The van der Waals surface area contributed by atoms with E-state index in [1.165, 1.54) is 31.4 Å². The highest BCUT2D eigenvalue weighted by molar-refractivity contribution is 5.44. The maximum atomic E-state index is 12.9. The second-order valence-electron chi connectivity index (χ2n) is 4.06. The molecule has 0 amide bonds. The van der Waals surface area contributed by atoms with Gasteiger partial charge in [-0.3, -0.25) is 0 Å². The van der Waals surface area contributed by atoms with Gasteiger partial charge in [-0.15, -0.1) is 0 Å². The van der Waals surface area contributed by atoms with Crippen molar-refractivity contribution in [1.82, 2.24) is 4.98 Å². The van der Waals surface area contributed by atoms with Crippen LogP contribution in [0.25, 0.3) is 0 Å². The van der Waals surface area contributed by atoms with Gasteiger partial charge in [0.05, 0.1) is 7.11 Å². The number of aromatic nitrogens is 1. The number of nitrogens with one attached hydrogen (secondary N) is 1. The predicted octanol–water partition coefficient (Wildman–Crippen LogP) is 3.44. The van der Waals surface area contributed by atoms with Crippen LogP contribution >= 0.6 is 0 Å². The summed E-state index contributed by atoms with van der Waals surface area (Å²) >= 11 is 0. The number of hydrogen-bond acceptors (Lipinski definition) is 4. The third-order valence-electron chi connectivity index (χ3n) is 2.63. The Labute approximate surface area is 119 Å². The largest absolute Gasteiger partial charge is 0.493 e. The molecule has 0 spiro atoms. The van der Waals surface area contributed by atoms with Gasteiger partial charge in [0.25, 0.3) is 0 Å². The molecule has 2 rings (SSSR count). The van der Waals surface area contributed by atoms with Gasteiger partial charge in [-0.1, -0.05) is 12.1 Å². The van der Waals surface area contributed by atoms with E-state index in [1.54, 1.807) is 12.1 Å². The molecule has 0 radical (unpaired) electrons. The molecule has 0 atom stereocenters. The number of halogens is 3. The van der Waals surface area contributed by atoms with E-state index in [0.717, 1.165) is 0 Å². The van der Waals surface area contributed by atoms with E-state index < -0.39 is 12.6 Å². The van der Waals surface area contributed by atoms with Gasteiger partial charge in [0.15, 0.2) is 11.5 Å². The average Bonchev–Trinajstić information content (AvgIpc) is 2.45. The summed E-state index contributed by atoms with van der Waals surface area (Å²) in [5.41, 5.74) is 0.664. The van der Waals surface area contributed by atoms with Crippen molar-refractivity contribution >= 4 is 5.82 Å². The highest BCUT2D eigenvalue weighted by atomic mass is 19.3. The standard InChI is InChI=1S/C14H13F3N2O2/c1-20-10-6-5-9(7-11(10)21-14(16)17)8-18-13-4-2-3-12(15)19-13/h2-7,14H,8H2,1H3,(H,18,19). The monoisotopic (exact) mass is 298 g/mol. The molecule has 0 fully saturated rings. The molecule has 21 heavy (non-hydrogen) atoms. The van der Waals surface area contributed by atoms with Crippen LogP contribution in [0.3, 0.4) is 0 Å². The van der Waals surface area contributed by atoms with E-state index in [-0.39, 0.29) is 18.0 Å². The molecule has 0 saturated carbocycles. The molecule has 7 heteroatoms. The number of nitrogens with zero attached hydrogens (tertiary/aromatic N) is 1. The van der Waals surface area contributed by atoms with Crippen molar-refractivity contribution in [3.63, 3.8) is 0 Å². The van der Waals surface area contributed by atoms with Crippen LogP contribution in [0.2, 0.25) is 0 Å². The molecule has 1 heterocycles. The van der Waals surface area contributed by atoms with E-state index in [0.29, 0.717) is 11.4 Å². The van der Waals surface area contributed by atoms with Gasteiger partial charge in [-0.25, -0.2) is 4.98 Å². The van der Waals surface area contributed by atoms with Gasteiger partial charge in [-0.05, 0) is 29.8 Å². The molecule has 0 saturated heterocycles. The number of pyridine rings is 1. The fraction of sp³-hybridized carbons (Fsp3) is 0.214. The highest BCUT2D eigenvalue weighted by Gasteiger charge is 2.11. The van der Waals surface area contributed by atoms with Gasteiger partial charge < -0.3 is 14.8 Å². The van der Waals surface area contributed by atoms with Crippen LogP contribution in [0.4, 0.5) is 19.0 Å². The Bertz CT molecular complexity index is 609. The minimum Gasteiger partial charge on any atom is -0.493 e. The zero-order valence-electron chi connectivity index (χ0n) is 11.1. The Kier molecular flexibility index (Phi) is 4.86. The van der Waals surface area contributed by atoms with Gasteiger partial charge >= 0.3 is 6.61 Å². The lowest BCUT2D eigenvalue weighted by Crippen LogP contribution is -2.06. The minimum absolute atomic E-state index is 0.0565. The summed E-state index contributed by atoms with van der Waals surface area (Å²) in [5, 5.41) is 2.88. The first-order valence-corrected chi connectivity index (χ1v) is 6.06. The number of alkyl halides is 2. The first kappa shape index (κ1) is 15.0. The van der Waals surface area contributed by atoms with Gasteiger partial charge in [-0.2, -0.15) is 13.2 Å². The second-order valence-corrected chi connectivity index (χ2v) is 4.06. The summed E-state index contributed by atoms with van der Waals surface area (Å²) in [6, 6.07) is 8.98. The minimum atomic E-state index is -2.94. The molecule has 2 aromatic rings.